The van der Waals surface area contributed by atoms with Crippen molar-refractivity contribution in [1.82, 2.24) is 5.32 Å². The van der Waals surface area contributed by atoms with E-state index < -0.39 is 11.6 Å². The third kappa shape index (κ3) is 2.51. The van der Waals surface area contributed by atoms with Crippen LogP contribution in [0.15, 0.2) is 18.2 Å². The maximum atomic E-state index is 13.4. The van der Waals surface area contributed by atoms with Crippen LogP contribution in [0.2, 0.25) is 0 Å². The standard InChI is InChI=1S/C15H19F2NO/c16-13-2-1-12(7-14(13)17)15(9-19-10-15)8-11-3-5-18-6-4-11/h1-2,7,11,18H,3-6,8-10H2. The zero-order valence-corrected chi connectivity index (χ0v) is 10.9. The van der Waals surface area contributed by atoms with E-state index in [-0.39, 0.29) is 5.41 Å². The molecule has 0 saturated carbocycles. The van der Waals surface area contributed by atoms with E-state index in [1.165, 1.54) is 12.1 Å². The van der Waals surface area contributed by atoms with E-state index in [4.69, 9.17) is 4.74 Å². The molecule has 1 N–H and O–H groups in total. The fraction of sp³-hybridized carbons (Fsp3) is 0.600. The molecule has 0 aliphatic carbocycles. The van der Waals surface area contributed by atoms with Gasteiger partial charge in [0.2, 0.25) is 0 Å². The van der Waals surface area contributed by atoms with E-state index in [0.717, 1.165) is 37.9 Å². The molecule has 1 aromatic carbocycles. The van der Waals surface area contributed by atoms with Gasteiger partial charge in [0.1, 0.15) is 0 Å². The molecular formula is C15H19F2NO. The Kier molecular flexibility index (Phi) is 3.54. The number of hydrogen-bond donors (Lipinski definition) is 1. The minimum atomic E-state index is -0.777. The largest absolute Gasteiger partial charge is 0.379 e. The summed E-state index contributed by atoms with van der Waals surface area (Å²) in [5.41, 5.74) is 0.785. The molecule has 0 atom stereocenters. The molecule has 0 aromatic heterocycles. The summed E-state index contributed by atoms with van der Waals surface area (Å²) >= 11 is 0. The van der Waals surface area contributed by atoms with E-state index >= 15 is 0 Å². The van der Waals surface area contributed by atoms with Gasteiger partial charge in [-0.15, -0.1) is 0 Å². The Morgan fingerprint density at radius 2 is 1.89 bits per heavy atom. The van der Waals surface area contributed by atoms with Crippen LogP contribution in [-0.4, -0.2) is 26.3 Å². The van der Waals surface area contributed by atoms with Crippen LogP contribution in [0.3, 0.4) is 0 Å². The molecule has 3 rings (SSSR count). The van der Waals surface area contributed by atoms with Crippen LogP contribution < -0.4 is 5.32 Å². The van der Waals surface area contributed by atoms with Crippen molar-refractivity contribution in [2.45, 2.75) is 24.7 Å². The number of piperidine rings is 1. The van der Waals surface area contributed by atoms with E-state index in [1.807, 2.05) is 0 Å². The lowest BCUT2D eigenvalue weighted by atomic mass is 9.70. The van der Waals surface area contributed by atoms with Gasteiger partial charge in [-0.1, -0.05) is 6.07 Å². The van der Waals surface area contributed by atoms with Crippen molar-refractivity contribution in [1.29, 1.82) is 0 Å². The maximum Gasteiger partial charge on any atom is 0.159 e. The Hall–Kier alpha value is -1.00. The molecule has 0 bridgehead atoms. The number of hydrogen-bond acceptors (Lipinski definition) is 2. The SMILES string of the molecule is Fc1ccc(C2(CC3CCNCC3)COC2)cc1F. The number of rotatable bonds is 3. The molecule has 4 heteroatoms. The fourth-order valence-electron chi connectivity index (χ4n) is 3.22. The Balaban J connectivity index is 1.79. The van der Waals surface area contributed by atoms with Crippen molar-refractivity contribution < 1.29 is 13.5 Å². The Bertz CT molecular complexity index is 453. The molecule has 104 valence electrons. The summed E-state index contributed by atoms with van der Waals surface area (Å²) in [5, 5.41) is 3.35. The molecule has 2 fully saturated rings. The minimum Gasteiger partial charge on any atom is -0.379 e. The van der Waals surface area contributed by atoms with Gasteiger partial charge in [-0.05, 0) is 56.0 Å². The van der Waals surface area contributed by atoms with Crippen LogP contribution in [0.1, 0.15) is 24.8 Å². The highest BCUT2D eigenvalue weighted by molar-refractivity contribution is 5.29. The van der Waals surface area contributed by atoms with Crippen molar-refractivity contribution in [2.75, 3.05) is 26.3 Å². The molecule has 0 spiro atoms. The monoisotopic (exact) mass is 267 g/mol. The van der Waals surface area contributed by atoms with Crippen molar-refractivity contribution in [3.05, 3.63) is 35.4 Å². The van der Waals surface area contributed by atoms with Crippen LogP contribution in [0, 0.1) is 17.6 Å². The first kappa shape index (κ1) is 13.0. The summed E-state index contributed by atoms with van der Waals surface area (Å²) in [5.74, 6) is -0.881. The van der Waals surface area contributed by atoms with Gasteiger partial charge in [0, 0.05) is 5.41 Å². The first-order valence-corrected chi connectivity index (χ1v) is 6.94. The predicted molar refractivity (Wildman–Crippen MR) is 69.1 cm³/mol. The summed E-state index contributed by atoms with van der Waals surface area (Å²) in [6, 6.07) is 4.29. The number of halogens is 2. The van der Waals surface area contributed by atoms with E-state index in [0.29, 0.717) is 19.1 Å². The Morgan fingerprint density at radius 3 is 2.47 bits per heavy atom. The predicted octanol–water partition coefficient (Wildman–Crippen LogP) is 2.62. The third-order valence-electron chi connectivity index (χ3n) is 4.43. The molecule has 2 heterocycles. The van der Waals surface area contributed by atoms with Crippen molar-refractivity contribution in [3.8, 4) is 0 Å². The molecule has 2 aliphatic heterocycles. The molecule has 19 heavy (non-hydrogen) atoms. The summed E-state index contributed by atoms with van der Waals surface area (Å²) in [6.07, 6.45) is 3.33. The molecule has 2 aliphatic rings. The van der Waals surface area contributed by atoms with Gasteiger partial charge in [0.15, 0.2) is 11.6 Å². The van der Waals surface area contributed by atoms with Gasteiger partial charge in [-0.25, -0.2) is 8.78 Å². The molecule has 0 radical (unpaired) electrons. The second-order valence-corrected chi connectivity index (χ2v) is 5.80. The zero-order chi connectivity index (χ0) is 13.3. The highest BCUT2D eigenvalue weighted by Gasteiger charge is 2.42. The highest BCUT2D eigenvalue weighted by atomic mass is 19.2. The van der Waals surface area contributed by atoms with Gasteiger partial charge >= 0.3 is 0 Å². The van der Waals surface area contributed by atoms with E-state index in [2.05, 4.69) is 5.32 Å². The molecule has 2 saturated heterocycles. The van der Waals surface area contributed by atoms with Crippen LogP contribution in [0.25, 0.3) is 0 Å². The quantitative estimate of drug-likeness (QED) is 0.909. The molecule has 0 unspecified atom stereocenters. The van der Waals surface area contributed by atoms with Gasteiger partial charge in [-0.2, -0.15) is 0 Å². The first-order valence-electron chi connectivity index (χ1n) is 6.94. The summed E-state index contributed by atoms with van der Waals surface area (Å²) < 4.78 is 31.8. The number of benzene rings is 1. The third-order valence-corrected chi connectivity index (χ3v) is 4.43. The number of nitrogens with one attached hydrogen (secondary N) is 1. The summed E-state index contributed by atoms with van der Waals surface area (Å²) in [6.45, 7) is 3.36. The van der Waals surface area contributed by atoms with Crippen LogP contribution in [0.4, 0.5) is 8.78 Å². The van der Waals surface area contributed by atoms with Crippen molar-refractivity contribution in [2.24, 2.45) is 5.92 Å². The van der Waals surface area contributed by atoms with Gasteiger partial charge < -0.3 is 10.1 Å². The average molecular weight is 267 g/mol. The van der Waals surface area contributed by atoms with E-state index in [9.17, 15) is 8.78 Å². The second-order valence-electron chi connectivity index (χ2n) is 5.80. The summed E-state index contributed by atoms with van der Waals surface area (Å²) in [7, 11) is 0. The molecule has 1 aromatic rings. The average Bonchev–Trinajstić information content (AvgIpc) is 2.38. The second kappa shape index (κ2) is 5.17. The fourth-order valence-corrected chi connectivity index (χ4v) is 3.22. The van der Waals surface area contributed by atoms with Crippen LogP contribution >= 0.6 is 0 Å². The molecule has 0 amide bonds. The molecular weight excluding hydrogens is 248 g/mol. The Labute approximate surface area is 112 Å². The van der Waals surface area contributed by atoms with E-state index in [1.54, 1.807) is 6.07 Å². The number of ether oxygens (including phenoxy) is 1. The highest BCUT2D eigenvalue weighted by Crippen LogP contribution is 2.40. The Morgan fingerprint density at radius 1 is 1.16 bits per heavy atom. The summed E-state index contributed by atoms with van der Waals surface area (Å²) in [4.78, 5) is 0. The smallest absolute Gasteiger partial charge is 0.159 e. The van der Waals surface area contributed by atoms with Crippen LogP contribution in [0.5, 0.6) is 0 Å². The topological polar surface area (TPSA) is 21.3 Å². The van der Waals surface area contributed by atoms with Gasteiger partial charge in [0.25, 0.3) is 0 Å². The lowest BCUT2D eigenvalue weighted by Crippen LogP contribution is -2.49. The van der Waals surface area contributed by atoms with Crippen molar-refractivity contribution in [3.63, 3.8) is 0 Å². The van der Waals surface area contributed by atoms with Gasteiger partial charge in [-0.3, -0.25) is 0 Å². The minimum absolute atomic E-state index is 0.101. The normalized spacial score (nSPS) is 23.1. The lowest BCUT2D eigenvalue weighted by molar-refractivity contribution is -0.0732. The van der Waals surface area contributed by atoms with Crippen LogP contribution in [-0.2, 0) is 10.2 Å². The first-order chi connectivity index (χ1) is 9.20. The maximum absolute atomic E-state index is 13.4. The zero-order valence-electron chi connectivity index (χ0n) is 10.9. The van der Waals surface area contributed by atoms with Gasteiger partial charge in [0.05, 0.1) is 13.2 Å². The molecule has 2 nitrogen and oxygen atoms in total. The van der Waals surface area contributed by atoms with Crippen molar-refractivity contribution >= 4 is 0 Å². The lowest BCUT2D eigenvalue weighted by Gasteiger charge is -2.45.